The molecule has 2 aromatic rings. The normalized spacial score (nSPS) is 17.6. The van der Waals surface area contributed by atoms with Crippen molar-refractivity contribution in [3.8, 4) is 11.5 Å². The summed E-state index contributed by atoms with van der Waals surface area (Å²) in [7, 11) is 0.00884. The predicted octanol–water partition coefficient (Wildman–Crippen LogP) is 2.64. The summed E-state index contributed by atoms with van der Waals surface area (Å²) in [5, 5.41) is 3.16. The third kappa shape index (κ3) is 4.82. The zero-order chi connectivity index (χ0) is 21.0. The molecule has 8 heteroatoms. The smallest absolute Gasteiger partial charge is 0.246 e. The van der Waals surface area contributed by atoms with Gasteiger partial charge in [-0.25, -0.2) is 8.42 Å². The minimum Gasteiger partial charge on any atom is -0.493 e. The van der Waals surface area contributed by atoms with E-state index in [1.54, 1.807) is 25.2 Å². The summed E-state index contributed by atoms with van der Waals surface area (Å²) in [6.45, 7) is 1.94. The number of nitrogens with one attached hydrogen (secondary N) is 1. The number of hydrogen-bond donors (Lipinski definition) is 1. The Labute approximate surface area is 171 Å². The van der Waals surface area contributed by atoms with Gasteiger partial charge in [0.25, 0.3) is 0 Å². The van der Waals surface area contributed by atoms with Gasteiger partial charge in [0.15, 0.2) is 21.3 Å². The molecule has 1 aliphatic heterocycles. The molecule has 0 bridgehead atoms. The highest BCUT2D eigenvalue weighted by atomic mass is 32.2. The lowest BCUT2D eigenvalue weighted by Gasteiger charge is -2.29. The Morgan fingerprint density at radius 1 is 1.14 bits per heavy atom. The van der Waals surface area contributed by atoms with Gasteiger partial charge in [-0.1, -0.05) is 18.2 Å². The second kappa shape index (κ2) is 8.73. The molecule has 0 radical (unpaired) electrons. The molecule has 1 atom stereocenters. The van der Waals surface area contributed by atoms with Gasteiger partial charge in [-0.2, -0.15) is 0 Å². The van der Waals surface area contributed by atoms with Crippen LogP contribution in [-0.4, -0.2) is 52.6 Å². The van der Waals surface area contributed by atoms with Crippen LogP contribution in [0.4, 0.5) is 11.4 Å². The maximum Gasteiger partial charge on any atom is 0.246 e. The Bertz CT molecular complexity index is 976. The van der Waals surface area contributed by atoms with Crippen molar-refractivity contribution < 1.29 is 22.7 Å². The fourth-order valence-corrected chi connectivity index (χ4v) is 5.25. The second-order valence-electron chi connectivity index (χ2n) is 7.03. The summed E-state index contributed by atoms with van der Waals surface area (Å²) in [6, 6.07) is 12.5. The average molecular weight is 419 g/mol. The zero-order valence-corrected chi connectivity index (χ0v) is 17.7. The third-order valence-corrected chi connectivity index (χ3v) is 6.79. The SMILES string of the molecule is COc1cc(C)c(NCC(=O)N(c2ccccc2)[C@H]2CCS(=O)(=O)C2)cc1OC. The number of amides is 1. The largest absolute Gasteiger partial charge is 0.493 e. The van der Waals surface area contributed by atoms with Crippen molar-refractivity contribution >= 4 is 27.1 Å². The van der Waals surface area contributed by atoms with Crippen LogP contribution in [0.25, 0.3) is 0 Å². The monoisotopic (exact) mass is 418 g/mol. The van der Waals surface area contributed by atoms with E-state index in [1.165, 1.54) is 0 Å². The Balaban J connectivity index is 1.81. The van der Waals surface area contributed by atoms with Crippen molar-refractivity contribution in [3.63, 3.8) is 0 Å². The summed E-state index contributed by atoms with van der Waals surface area (Å²) in [4.78, 5) is 14.7. The Morgan fingerprint density at radius 3 is 2.38 bits per heavy atom. The Hall–Kier alpha value is -2.74. The number of rotatable bonds is 7. The van der Waals surface area contributed by atoms with Crippen LogP contribution in [-0.2, 0) is 14.6 Å². The zero-order valence-electron chi connectivity index (χ0n) is 16.8. The lowest BCUT2D eigenvalue weighted by atomic mass is 10.1. The topological polar surface area (TPSA) is 84.9 Å². The Kier molecular flexibility index (Phi) is 6.32. The summed E-state index contributed by atoms with van der Waals surface area (Å²) in [5.74, 6) is 1.09. The van der Waals surface area contributed by atoms with Crippen LogP contribution in [0.15, 0.2) is 42.5 Å². The first-order valence-electron chi connectivity index (χ1n) is 9.38. The van der Waals surface area contributed by atoms with E-state index in [4.69, 9.17) is 9.47 Å². The minimum atomic E-state index is -3.12. The number of para-hydroxylation sites is 1. The van der Waals surface area contributed by atoms with Crippen LogP contribution in [0.1, 0.15) is 12.0 Å². The molecule has 0 spiro atoms. The van der Waals surface area contributed by atoms with Crippen molar-refractivity contribution in [2.24, 2.45) is 0 Å². The molecular weight excluding hydrogens is 392 g/mol. The lowest BCUT2D eigenvalue weighted by molar-refractivity contribution is -0.117. The summed E-state index contributed by atoms with van der Waals surface area (Å²) >= 11 is 0. The number of hydrogen-bond acceptors (Lipinski definition) is 6. The average Bonchev–Trinajstić information content (AvgIpc) is 3.06. The van der Waals surface area contributed by atoms with Crippen LogP contribution in [0.5, 0.6) is 11.5 Å². The highest BCUT2D eigenvalue weighted by Gasteiger charge is 2.35. The second-order valence-corrected chi connectivity index (χ2v) is 9.26. The number of anilines is 2. The van der Waals surface area contributed by atoms with Gasteiger partial charge in [0.1, 0.15) is 0 Å². The molecule has 1 heterocycles. The predicted molar refractivity (Wildman–Crippen MR) is 114 cm³/mol. The molecule has 0 aliphatic carbocycles. The lowest BCUT2D eigenvalue weighted by Crippen LogP contribution is -2.44. The molecule has 1 aliphatic rings. The molecule has 1 saturated heterocycles. The van der Waals surface area contributed by atoms with Gasteiger partial charge in [0.05, 0.1) is 38.3 Å². The molecule has 0 unspecified atom stereocenters. The van der Waals surface area contributed by atoms with Gasteiger partial charge >= 0.3 is 0 Å². The molecule has 0 aromatic heterocycles. The number of carbonyl (C=O) groups excluding carboxylic acids is 1. The van der Waals surface area contributed by atoms with Crippen molar-refractivity contribution in [1.29, 1.82) is 0 Å². The molecule has 29 heavy (non-hydrogen) atoms. The van der Waals surface area contributed by atoms with Gasteiger partial charge in [-0.15, -0.1) is 0 Å². The van der Waals surface area contributed by atoms with Gasteiger partial charge in [-0.05, 0) is 37.1 Å². The summed E-state index contributed by atoms with van der Waals surface area (Å²) < 4.78 is 34.6. The first-order valence-corrected chi connectivity index (χ1v) is 11.2. The number of benzene rings is 2. The van der Waals surface area contributed by atoms with E-state index in [9.17, 15) is 13.2 Å². The first kappa shape index (κ1) is 21.0. The fraction of sp³-hybridized carbons (Fsp3) is 0.381. The standard InChI is InChI=1S/C21H26N2O5S/c1-15-11-19(27-2)20(28-3)12-18(15)22-13-21(24)23(16-7-5-4-6-8-16)17-9-10-29(25,26)14-17/h4-8,11-12,17,22H,9-10,13-14H2,1-3H3/t17-/m0/s1. The van der Waals surface area contributed by atoms with E-state index in [-0.39, 0.29) is 30.0 Å². The Morgan fingerprint density at radius 2 is 1.79 bits per heavy atom. The van der Waals surface area contributed by atoms with Crippen molar-refractivity contribution in [2.75, 3.05) is 42.5 Å². The molecule has 1 amide bonds. The molecule has 7 nitrogen and oxygen atoms in total. The van der Waals surface area contributed by atoms with E-state index in [0.29, 0.717) is 23.6 Å². The molecular formula is C21H26N2O5S. The molecule has 0 saturated carbocycles. The fourth-order valence-electron chi connectivity index (χ4n) is 3.55. The third-order valence-electron chi connectivity index (χ3n) is 5.04. The van der Waals surface area contributed by atoms with E-state index >= 15 is 0 Å². The quantitative estimate of drug-likeness (QED) is 0.744. The highest BCUT2D eigenvalue weighted by molar-refractivity contribution is 7.91. The van der Waals surface area contributed by atoms with Crippen LogP contribution in [0, 0.1) is 6.92 Å². The molecule has 2 aromatic carbocycles. The highest BCUT2D eigenvalue weighted by Crippen LogP contribution is 2.33. The van der Waals surface area contributed by atoms with Gasteiger partial charge in [0.2, 0.25) is 5.91 Å². The van der Waals surface area contributed by atoms with E-state index < -0.39 is 9.84 Å². The van der Waals surface area contributed by atoms with Crippen LogP contribution in [0.3, 0.4) is 0 Å². The van der Waals surface area contributed by atoms with Crippen molar-refractivity contribution in [2.45, 2.75) is 19.4 Å². The molecule has 3 rings (SSSR count). The maximum absolute atomic E-state index is 13.1. The van der Waals surface area contributed by atoms with E-state index in [1.807, 2.05) is 43.3 Å². The molecule has 156 valence electrons. The van der Waals surface area contributed by atoms with Gasteiger partial charge in [0, 0.05) is 17.4 Å². The van der Waals surface area contributed by atoms with Gasteiger partial charge < -0.3 is 19.7 Å². The summed E-state index contributed by atoms with van der Waals surface area (Å²) in [5.41, 5.74) is 2.36. The summed E-state index contributed by atoms with van der Waals surface area (Å²) in [6.07, 6.45) is 0.443. The van der Waals surface area contributed by atoms with Crippen molar-refractivity contribution in [3.05, 3.63) is 48.0 Å². The number of sulfone groups is 1. The van der Waals surface area contributed by atoms with Crippen molar-refractivity contribution in [1.82, 2.24) is 0 Å². The van der Waals surface area contributed by atoms with Crippen LogP contribution < -0.4 is 19.7 Å². The number of aryl methyl sites for hydroxylation is 1. The maximum atomic E-state index is 13.1. The minimum absolute atomic E-state index is 0.0109. The van der Waals surface area contributed by atoms with Crippen LogP contribution >= 0.6 is 0 Å². The van der Waals surface area contributed by atoms with E-state index in [2.05, 4.69) is 5.32 Å². The number of ether oxygens (including phenoxy) is 2. The number of carbonyl (C=O) groups is 1. The van der Waals surface area contributed by atoms with Gasteiger partial charge in [-0.3, -0.25) is 4.79 Å². The molecule has 1 N–H and O–H groups in total. The van der Waals surface area contributed by atoms with Crippen LogP contribution in [0.2, 0.25) is 0 Å². The number of methoxy groups -OCH3 is 2. The molecule has 1 fully saturated rings. The van der Waals surface area contributed by atoms with E-state index in [0.717, 1.165) is 11.3 Å². The number of nitrogens with zero attached hydrogens (tertiary/aromatic N) is 1. The first-order chi connectivity index (χ1) is 13.8.